The molecule has 1 saturated carbocycles. The summed E-state index contributed by atoms with van der Waals surface area (Å²) in [6, 6.07) is 4.81. The fourth-order valence-corrected chi connectivity index (χ4v) is 4.44. The van der Waals surface area contributed by atoms with Crippen molar-refractivity contribution in [1.82, 2.24) is 9.80 Å². The van der Waals surface area contributed by atoms with Gasteiger partial charge in [-0.2, -0.15) is 0 Å². The molecule has 3 rings (SSSR count). The molecular formula is C20H24Cl2N2O3. The highest BCUT2D eigenvalue weighted by atomic mass is 35.5. The van der Waals surface area contributed by atoms with Crippen LogP contribution in [-0.2, 0) is 9.59 Å². The van der Waals surface area contributed by atoms with Crippen LogP contribution < -0.4 is 0 Å². The molecule has 1 aliphatic heterocycles. The molecule has 0 saturated heterocycles. The smallest absolute Gasteiger partial charge is 0.278 e. The standard InChI is InChI=1S/C20H24Cl2N2O3/c1-23(10-11-25)18-17(15-9-8-13(21)12-16(15)22)19(26)24(20(18)27)14-6-4-2-3-5-7-14/h8-9,12,14,25H,2-7,10-11H2,1H3. The van der Waals surface area contributed by atoms with Crippen molar-refractivity contribution in [3.8, 4) is 0 Å². The van der Waals surface area contributed by atoms with Crippen molar-refractivity contribution in [3.63, 3.8) is 0 Å². The maximum Gasteiger partial charge on any atom is 0.278 e. The van der Waals surface area contributed by atoms with Gasteiger partial charge in [0.2, 0.25) is 0 Å². The summed E-state index contributed by atoms with van der Waals surface area (Å²) in [5, 5.41) is 10.1. The average Bonchev–Trinajstić information content (AvgIpc) is 2.79. The highest BCUT2D eigenvalue weighted by Gasteiger charge is 2.44. The normalized spacial score (nSPS) is 19.0. The van der Waals surface area contributed by atoms with E-state index in [0.717, 1.165) is 38.5 Å². The Labute approximate surface area is 169 Å². The number of benzene rings is 1. The molecule has 0 radical (unpaired) electrons. The predicted molar refractivity (Wildman–Crippen MR) is 106 cm³/mol. The summed E-state index contributed by atoms with van der Waals surface area (Å²) in [5.74, 6) is -0.611. The number of hydrogen-bond acceptors (Lipinski definition) is 4. The second-order valence-electron chi connectivity index (χ2n) is 7.12. The van der Waals surface area contributed by atoms with Crippen LogP contribution in [0.5, 0.6) is 0 Å². The third-order valence-corrected chi connectivity index (χ3v) is 5.85. The molecule has 1 heterocycles. The molecule has 0 unspecified atom stereocenters. The Morgan fingerprint density at radius 1 is 1.11 bits per heavy atom. The van der Waals surface area contributed by atoms with Crippen LogP contribution >= 0.6 is 23.2 Å². The van der Waals surface area contributed by atoms with E-state index in [1.165, 1.54) is 4.90 Å². The lowest BCUT2D eigenvalue weighted by Crippen LogP contribution is -2.42. The van der Waals surface area contributed by atoms with Gasteiger partial charge < -0.3 is 10.0 Å². The van der Waals surface area contributed by atoms with Gasteiger partial charge in [0.15, 0.2) is 0 Å². The maximum atomic E-state index is 13.4. The Hall–Kier alpha value is -1.56. The van der Waals surface area contributed by atoms with E-state index in [2.05, 4.69) is 0 Å². The molecular weight excluding hydrogens is 387 g/mol. The lowest BCUT2D eigenvalue weighted by Gasteiger charge is -2.26. The predicted octanol–water partition coefficient (Wildman–Crippen LogP) is 3.72. The average molecular weight is 411 g/mol. The summed E-state index contributed by atoms with van der Waals surface area (Å²) in [7, 11) is 1.71. The summed E-state index contributed by atoms with van der Waals surface area (Å²) in [6.07, 6.45) is 5.95. The second kappa shape index (κ2) is 8.63. The number of amides is 2. The van der Waals surface area contributed by atoms with Crippen LogP contribution in [0, 0.1) is 0 Å². The van der Waals surface area contributed by atoms with Gasteiger partial charge in [-0.3, -0.25) is 14.5 Å². The highest BCUT2D eigenvalue weighted by molar-refractivity contribution is 6.41. The van der Waals surface area contributed by atoms with Crippen LogP contribution in [0.4, 0.5) is 0 Å². The first-order chi connectivity index (χ1) is 13.0. The van der Waals surface area contributed by atoms with Gasteiger partial charge in [-0.15, -0.1) is 0 Å². The summed E-state index contributed by atoms with van der Waals surface area (Å²) in [5.41, 5.74) is 1.08. The zero-order valence-corrected chi connectivity index (χ0v) is 16.9. The molecule has 1 fully saturated rings. The molecule has 1 aromatic carbocycles. The maximum absolute atomic E-state index is 13.4. The Balaban J connectivity index is 2.06. The SMILES string of the molecule is CN(CCO)C1=C(c2ccc(Cl)cc2Cl)C(=O)N(C2CCCCCC2)C1=O. The van der Waals surface area contributed by atoms with E-state index in [0.29, 0.717) is 26.9 Å². The Morgan fingerprint density at radius 2 is 1.78 bits per heavy atom. The van der Waals surface area contributed by atoms with E-state index in [-0.39, 0.29) is 31.0 Å². The van der Waals surface area contributed by atoms with Crippen LogP contribution in [-0.4, -0.2) is 53.0 Å². The van der Waals surface area contributed by atoms with E-state index in [1.54, 1.807) is 30.1 Å². The molecule has 7 heteroatoms. The van der Waals surface area contributed by atoms with Crippen molar-refractivity contribution in [2.45, 2.75) is 44.6 Å². The zero-order valence-electron chi connectivity index (χ0n) is 15.4. The number of halogens is 2. The summed E-state index contributed by atoms with van der Waals surface area (Å²) >= 11 is 12.4. The number of aliphatic hydroxyl groups is 1. The van der Waals surface area contributed by atoms with E-state index in [1.807, 2.05) is 0 Å². The topological polar surface area (TPSA) is 60.9 Å². The van der Waals surface area contributed by atoms with Crippen molar-refractivity contribution < 1.29 is 14.7 Å². The van der Waals surface area contributed by atoms with Gasteiger partial charge in [0.25, 0.3) is 11.8 Å². The minimum absolute atomic E-state index is 0.0893. The molecule has 0 atom stereocenters. The number of carbonyl (C=O) groups excluding carboxylic acids is 2. The molecule has 0 aromatic heterocycles. The van der Waals surface area contributed by atoms with E-state index >= 15 is 0 Å². The monoisotopic (exact) mass is 410 g/mol. The number of hydrogen-bond donors (Lipinski definition) is 1. The fourth-order valence-electron chi connectivity index (χ4n) is 3.93. The van der Waals surface area contributed by atoms with Crippen LogP contribution in [0.15, 0.2) is 23.9 Å². The van der Waals surface area contributed by atoms with Gasteiger partial charge in [-0.05, 0) is 25.0 Å². The van der Waals surface area contributed by atoms with Crippen molar-refractivity contribution in [2.75, 3.05) is 20.2 Å². The van der Waals surface area contributed by atoms with E-state index < -0.39 is 0 Å². The molecule has 1 aliphatic carbocycles. The van der Waals surface area contributed by atoms with Gasteiger partial charge in [0, 0.05) is 30.2 Å². The molecule has 5 nitrogen and oxygen atoms in total. The quantitative estimate of drug-likeness (QED) is 0.593. The van der Waals surface area contributed by atoms with Crippen LogP contribution in [0.25, 0.3) is 5.57 Å². The minimum Gasteiger partial charge on any atom is -0.395 e. The molecule has 146 valence electrons. The van der Waals surface area contributed by atoms with Crippen LogP contribution in [0.3, 0.4) is 0 Å². The summed E-state index contributed by atoms with van der Waals surface area (Å²) < 4.78 is 0. The van der Waals surface area contributed by atoms with Crippen LogP contribution in [0.2, 0.25) is 10.0 Å². The lowest BCUT2D eigenvalue weighted by atomic mass is 10.0. The largest absolute Gasteiger partial charge is 0.395 e. The molecule has 1 N–H and O–H groups in total. The van der Waals surface area contributed by atoms with Gasteiger partial charge in [-0.1, -0.05) is 55.0 Å². The van der Waals surface area contributed by atoms with E-state index in [4.69, 9.17) is 23.2 Å². The van der Waals surface area contributed by atoms with Gasteiger partial charge in [-0.25, -0.2) is 0 Å². The number of rotatable bonds is 5. The first-order valence-corrected chi connectivity index (χ1v) is 10.1. The Kier molecular flexibility index (Phi) is 6.45. The number of aliphatic hydroxyl groups excluding tert-OH is 1. The summed E-state index contributed by atoms with van der Waals surface area (Å²) in [6.45, 7) is 0.133. The molecule has 2 amide bonds. The third kappa shape index (κ3) is 4.00. The van der Waals surface area contributed by atoms with Gasteiger partial charge in [0.1, 0.15) is 5.70 Å². The second-order valence-corrected chi connectivity index (χ2v) is 7.96. The fraction of sp³-hybridized carbons (Fsp3) is 0.500. The highest BCUT2D eigenvalue weighted by Crippen LogP contribution is 2.38. The summed E-state index contributed by atoms with van der Waals surface area (Å²) in [4.78, 5) is 29.7. The van der Waals surface area contributed by atoms with Crippen molar-refractivity contribution in [3.05, 3.63) is 39.5 Å². The first kappa shape index (κ1) is 20.2. The third-order valence-electron chi connectivity index (χ3n) is 5.30. The molecule has 1 aromatic rings. The molecule has 2 aliphatic rings. The van der Waals surface area contributed by atoms with Gasteiger partial charge in [0.05, 0.1) is 17.2 Å². The Morgan fingerprint density at radius 3 is 2.37 bits per heavy atom. The number of likely N-dealkylation sites (N-methyl/N-ethyl adjacent to an activating group) is 1. The van der Waals surface area contributed by atoms with Crippen molar-refractivity contribution >= 4 is 40.6 Å². The van der Waals surface area contributed by atoms with Crippen LogP contribution in [0.1, 0.15) is 44.1 Å². The van der Waals surface area contributed by atoms with E-state index in [9.17, 15) is 14.7 Å². The number of carbonyl (C=O) groups is 2. The molecule has 0 bridgehead atoms. The van der Waals surface area contributed by atoms with Crippen molar-refractivity contribution in [1.29, 1.82) is 0 Å². The Bertz CT molecular complexity index is 770. The first-order valence-electron chi connectivity index (χ1n) is 9.35. The molecule has 0 spiro atoms. The molecule has 27 heavy (non-hydrogen) atoms. The lowest BCUT2D eigenvalue weighted by molar-refractivity contribution is -0.140. The zero-order chi connectivity index (χ0) is 19.6. The number of imide groups is 1. The van der Waals surface area contributed by atoms with Crippen molar-refractivity contribution in [2.24, 2.45) is 0 Å². The number of nitrogens with zero attached hydrogens (tertiary/aromatic N) is 2. The minimum atomic E-state index is -0.309. The van der Waals surface area contributed by atoms with Gasteiger partial charge >= 0.3 is 0 Å².